The summed E-state index contributed by atoms with van der Waals surface area (Å²) < 4.78 is 5.30. The first-order valence-electron chi connectivity index (χ1n) is 6.23. The molecule has 102 valence electrons. The molecule has 0 saturated carbocycles. The fourth-order valence-corrected chi connectivity index (χ4v) is 1.53. The van der Waals surface area contributed by atoms with Crippen LogP contribution in [-0.4, -0.2) is 17.6 Å². The van der Waals surface area contributed by atoms with Crippen molar-refractivity contribution in [1.29, 1.82) is 5.26 Å². The number of hydrogen-bond acceptors (Lipinski definition) is 4. The minimum Gasteiger partial charge on any atom is -0.458 e. The number of carbonyl (C=O) groups excluding carboxylic acids is 1. The van der Waals surface area contributed by atoms with Crippen molar-refractivity contribution in [1.82, 2.24) is 0 Å². The average molecular weight is 260 g/mol. The van der Waals surface area contributed by atoms with Gasteiger partial charge in [0.05, 0.1) is 11.6 Å². The molecular weight excluding hydrogens is 240 g/mol. The first-order valence-corrected chi connectivity index (χ1v) is 6.23. The number of benzene rings is 1. The highest BCUT2D eigenvalue weighted by Gasteiger charge is 2.21. The molecule has 0 bridgehead atoms. The summed E-state index contributed by atoms with van der Waals surface area (Å²) in [6, 6.07) is 6.94. The lowest BCUT2D eigenvalue weighted by atomic mass is 10.1. The Labute approximate surface area is 114 Å². The predicted octanol–water partition coefficient (Wildman–Crippen LogP) is 3.01. The summed E-state index contributed by atoms with van der Waals surface area (Å²) in [4.78, 5) is 11.9. The fourth-order valence-electron chi connectivity index (χ4n) is 1.53. The summed E-state index contributed by atoms with van der Waals surface area (Å²) >= 11 is 0. The standard InChI is InChI=1S/C15H20N2O2/c1-10-6-7-12(9-16)8-13(10)17-11(2)14(18)19-15(3,4)5/h6-8,11,17H,1-5H3. The Morgan fingerprint density at radius 3 is 2.58 bits per heavy atom. The normalized spacial score (nSPS) is 12.4. The van der Waals surface area contributed by atoms with Crippen LogP contribution in [0.4, 0.5) is 5.69 Å². The molecule has 19 heavy (non-hydrogen) atoms. The number of carbonyl (C=O) groups is 1. The third kappa shape index (κ3) is 4.63. The molecule has 0 spiro atoms. The van der Waals surface area contributed by atoms with E-state index in [1.54, 1.807) is 19.1 Å². The van der Waals surface area contributed by atoms with Crippen LogP contribution >= 0.6 is 0 Å². The first kappa shape index (κ1) is 15.0. The van der Waals surface area contributed by atoms with Gasteiger partial charge >= 0.3 is 5.97 Å². The van der Waals surface area contributed by atoms with Crippen molar-refractivity contribution in [2.24, 2.45) is 0 Å². The Morgan fingerprint density at radius 2 is 2.05 bits per heavy atom. The van der Waals surface area contributed by atoms with E-state index in [2.05, 4.69) is 11.4 Å². The predicted molar refractivity (Wildman–Crippen MR) is 74.8 cm³/mol. The zero-order valence-electron chi connectivity index (χ0n) is 12.1. The summed E-state index contributed by atoms with van der Waals surface area (Å²) in [5, 5.41) is 12.0. The average Bonchev–Trinajstić information content (AvgIpc) is 2.29. The molecule has 0 aliphatic carbocycles. The molecule has 0 aromatic heterocycles. The molecule has 4 nitrogen and oxygen atoms in total. The van der Waals surface area contributed by atoms with Crippen LogP contribution in [0.1, 0.15) is 38.8 Å². The first-order chi connectivity index (χ1) is 8.73. The summed E-state index contributed by atoms with van der Waals surface area (Å²) in [7, 11) is 0. The molecule has 0 radical (unpaired) electrons. The van der Waals surface area contributed by atoms with Gasteiger partial charge in [-0.1, -0.05) is 6.07 Å². The van der Waals surface area contributed by atoms with E-state index >= 15 is 0 Å². The molecule has 1 rings (SSSR count). The third-order valence-electron chi connectivity index (χ3n) is 2.50. The van der Waals surface area contributed by atoms with Gasteiger partial charge in [-0.2, -0.15) is 5.26 Å². The van der Waals surface area contributed by atoms with Crippen molar-refractivity contribution < 1.29 is 9.53 Å². The summed E-state index contributed by atoms with van der Waals surface area (Å²) in [6.07, 6.45) is 0. The van der Waals surface area contributed by atoms with Crippen molar-refractivity contribution in [3.8, 4) is 6.07 Å². The Balaban J connectivity index is 2.80. The summed E-state index contributed by atoms with van der Waals surface area (Å²) in [5.74, 6) is -0.311. The van der Waals surface area contributed by atoms with Gasteiger partial charge in [0.25, 0.3) is 0 Å². The van der Waals surface area contributed by atoms with Crippen molar-refractivity contribution in [3.63, 3.8) is 0 Å². The van der Waals surface area contributed by atoms with Crippen LogP contribution in [0.3, 0.4) is 0 Å². The van der Waals surface area contributed by atoms with Gasteiger partial charge in [0.15, 0.2) is 0 Å². The molecule has 1 unspecified atom stereocenters. The maximum atomic E-state index is 11.9. The van der Waals surface area contributed by atoms with E-state index in [9.17, 15) is 4.79 Å². The molecule has 0 amide bonds. The minimum atomic E-state index is -0.503. The number of hydrogen-bond donors (Lipinski definition) is 1. The van der Waals surface area contributed by atoms with E-state index in [4.69, 9.17) is 10.00 Å². The van der Waals surface area contributed by atoms with E-state index in [-0.39, 0.29) is 5.97 Å². The van der Waals surface area contributed by atoms with Crippen LogP contribution in [0, 0.1) is 18.3 Å². The molecular formula is C15H20N2O2. The van der Waals surface area contributed by atoms with Crippen LogP contribution in [0.15, 0.2) is 18.2 Å². The summed E-state index contributed by atoms with van der Waals surface area (Å²) in [6.45, 7) is 9.16. The van der Waals surface area contributed by atoms with Crippen LogP contribution in [0.5, 0.6) is 0 Å². The van der Waals surface area contributed by atoms with E-state index < -0.39 is 11.6 Å². The number of nitrogens with one attached hydrogen (secondary N) is 1. The van der Waals surface area contributed by atoms with Crippen LogP contribution in [0.25, 0.3) is 0 Å². The molecule has 1 aromatic carbocycles. The topological polar surface area (TPSA) is 62.1 Å². The van der Waals surface area contributed by atoms with Crippen molar-refractivity contribution in [2.75, 3.05) is 5.32 Å². The lowest BCUT2D eigenvalue weighted by Crippen LogP contribution is -2.34. The maximum absolute atomic E-state index is 11.9. The number of esters is 1. The molecule has 0 aliphatic rings. The zero-order valence-corrected chi connectivity index (χ0v) is 12.1. The van der Waals surface area contributed by atoms with E-state index in [0.29, 0.717) is 5.56 Å². The second kappa shape index (κ2) is 5.75. The largest absolute Gasteiger partial charge is 0.458 e. The third-order valence-corrected chi connectivity index (χ3v) is 2.50. The fraction of sp³-hybridized carbons (Fsp3) is 0.467. The monoisotopic (exact) mass is 260 g/mol. The van der Waals surface area contributed by atoms with Gasteiger partial charge in [-0.3, -0.25) is 0 Å². The van der Waals surface area contributed by atoms with Gasteiger partial charge in [0, 0.05) is 5.69 Å². The Kier molecular flexibility index (Phi) is 4.55. The molecule has 1 N–H and O–H groups in total. The Morgan fingerprint density at radius 1 is 1.42 bits per heavy atom. The van der Waals surface area contributed by atoms with Gasteiger partial charge in [0.2, 0.25) is 0 Å². The van der Waals surface area contributed by atoms with E-state index in [1.807, 2.05) is 33.8 Å². The summed E-state index contributed by atoms with van der Waals surface area (Å²) in [5.41, 5.74) is 1.81. The molecule has 1 aromatic rings. The van der Waals surface area contributed by atoms with Crippen molar-refractivity contribution in [3.05, 3.63) is 29.3 Å². The lowest BCUT2D eigenvalue weighted by Gasteiger charge is -2.23. The zero-order chi connectivity index (χ0) is 14.6. The quantitative estimate of drug-likeness (QED) is 0.849. The molecule has 0 heterocycles. The highest BCUT2D eigenvalue weighted by Crippen LogP contribution is 2.18. The van der Waals surface area contributed by atoms with Crippen molar-refractivity contribution >= 4 is 11.7 Å². The van der Waals surface area contributed by atoms with Crippen LogP contribution in [-0.2, 0) is 9.53 Å². The molecule has 4 heteroatoms. The highest BCUT2D eigenvalue weighted by atomic mass is 16.6. The number of nitriles is 1. The van der Waals surface area contributed by atoms with Crippen LogP contribution in [0.2, 0.25) is 0 Å². The van der Waals surface area contributed by atoms with Gasteiger partial charge < -0.3 is 10.1 Å². The smallest absolute Gasteiger partial charge is 0.328 e. The second-order valence-corrected chi connectivity index (χ2v) is 5.54. The second-order valence-electron chi connectivity index (χ2n) is 5.54. The number of anilines is 1. The van der Waals surface area contributed by atoms with Gasteiger partial charge in [-0.05, 0) is 52.3 Å². The lowest BCUT2D eigenvalue weighted by molar-refractivity contribution is -0.155. The van der Waals surface area contributed by atoms with E-state index in [1.165, 1.54) is 0 Å². The molecule has 0 fully saturated rings. The SMILES string of the molecule is Cc1ccc(C#N)cc1NC(C)C(=O)OC(C)(C)C. The maximum Gasteiger partial charge on any atom is 0.328 e. The minimum absolute atomic E-state index is 0.311. The van der Waals surface area contributed by atoms with Crippen LogP contribution < -0.4 is 5.32 Å². The number of aryl methyl sites for hydroxylation is 1. The molecule has 0 aliphatic heterocycles. The Bertz CT molecular complexity index is 510. The number of ether oxygens (including phenoxy) is 1. The van der Waals surface area contributed by atoms with E-state index in [0.717, 1.165) is 11.3 Å². The molecule has 1 atom stereocenters. The van der Waals surface area contributed by atoms with Crippen molar-refractivity contribution in [2.45, 2.75) is 46.3 Å². The molecule has 0 saturated heterocycles. The number of nitrogens with zero attached hydrogens (tertiary/aromatic N) is 1. The van der Waals surface area contributed by atoms with Gasteiger partial charge in [-0.25, -0.2) is 4.79 Å². The highest BCUT2D eigenvalue weighted by molar-refractivity contribution is 5.79. The van der Waals surface area contributed by atoms with Gasteiger partial charge in [0.1, 0.15) is 11.6 Å². The number of rotatable bonds is 3. The Hall–Kier alpha value is -2.02. The van der Waals surface area contributed by atoms with Gasteiger partial charge in [-0.15, -0.1) is 0 Å².